The van der Waals surface area contributed by atoms with Gasteiger partial charge in [-0.15, -0.1) is 0 Å². The molecule has 40 heavy (non-hydrogen) atoms. The van der Waals surface area contributed by atoms with Crippen LogP contribution in [0.5, 0.6) is 0 Å². The first kappa shape index (κ1) is 26.1. The van der Waals surface area contributed by atoms with Crippen LogP contribution in [0.2, 0.25) is 0 Å². The van der Waals surface area contributed by atoms with E-state index in [9.17, 15) is 19.6 Å². The van der Waals surface area contributed by atoms with Gasteiger partial charge in [0.2, 0.25) is 5.91 Å². The summed E-state index contributed by atoms with van der Waals surface area (Å²) in [5, 5.41) is 15.5. The summed E-state index contributed by atoms with van der Waals surface area (Å²) in [7, 11) is 1.86. The molecule has 2 bridgehead atoms. The third-order valence-corrected chi connectivity index (χ3v) is 8.06. The fourth-order valence-corrected chi connectivity index (χ4v) is 5.79. The number of hydrogen-bond donors (Lipinski definition) is 2. The number of alkyl halides is 1. The fraction of sp³-hybridized carbons (Fsp3) is 0.481. The van der Waals surface area contributed by atoms with E-state index in [1.54, 1.807) is 17.0 Å². The number of anilines is 3. The van der Waals surface area contributed by atoms with Gasteiger partial charge in [-0.1, -0.05) is 0 Å². The van der Waals surface area contributed by atoms with Crippen LogP contribution < -0.4 is 15.5 Å². The second-order valence-corrected chi connectivity index (χ2v) is 10.8. The highest BCUT2D eigenvalue weighted by molar-refractivity contribution is 6.03. The van der Waals surface area contributed by atoms with Gasteiger partial charge in [0.1, 0.15) is 29.1 Å². The number of nitrogens with zero attached hydrogens (tertiary/aromatic N) is 6. The lowest BCUT2D eigenvalue weighted by atomic mass is 9.68. The molecule has 6 heterocycles. The second-order valence-electron chi connectivity index (χ2n) is 10.8. The van der Waals surface area contributed by atoms with Gasteiger partial charge in [0.05, 0.1) is 30.4 Å². The Balaban J connectivity index is 1.27. The van der Waals surface area contributed by atoms with Gasteiger partial charge < -0.3 is 15.0 Å². The topological polar surface area (TPSA) is 144 Å². The van der Waals surface area contributed by atoms with E-state index in [1.807, 2.05) is 11.9 Å². The third-order valence-electron chi connectivity index (χ3n) is 8.06. The van der Waals surface area contributed by atoms with Gasteiger partial charge in [0.15, 0.2) is 6.29 Å². The van der Waals surface area contributed by atoms with Gasteiger partial charge in [0, 0.05) is 68.5 Å². The molecule has 7 rings (SSSR count). The van der Waals surface area contributed by atoms with Crippen molar-refractivity contribution in [3.05, 3.63) is 40.7 Å². The first-order valence-electron chi connectivity index (χ1n) is 13.3. The van der Waals surface area contributed by atoms with Crippen LogP contribution in [0.1, 0.15) is 46.4 Å². The van der Waals surface area contributed by atoms with Crippen LogP contribution >= 0.6 is 0 Å². The minimum Gasteiger partial charge on any atom is -0.379 e. The minimum atomic E-state index is -1.65. The monoisotopic (exact) mass is 548 g/mol. The summed E-state index contributed by atoms with van der Waals surface area (Å²) in [5.74, 6) is 0.226. The number of aromatic nitrogens is 2. The number of pyridine rings is 2. The Hall–Kier alpha value is -4.15. The van der Waals surface area contributed by atoms with E-state index in [0.29, 0.717) is 49.4 Å². The first-order chi connectivity index (χ1) is 19.3. The highest BCUT2D eigenvalue weighted by atomic mass is 19.1. The summed E-state index contributed by atoms with van der Waals surface area (Å²) in [6.07, 6.45) is 2.96. The van der Waals surface area contributed by atoms with Gasteiger partial charge in [-0.25, -0.2) is 19.2 Å². The molecule has 1 saturated carbocycles. The lowest BCUT2D eigenvalue weighted by Gasteiger charge is -2.52. The number of carbonyl (C=O) groups is 3. The average molecular weight is 549 g/mol. The summed E-state index contributed by atoms with van der Waals surface area (Å²) in [5.41, 5.74) is -0.0381. The number of ether oxygens (including phenoxy) is 1. The molecule has 5 aliphatic rings. The van der Waals surface area contributed by atoms with Gasteiger partial charge in [-0.2, -0.15) is 5.26 Å². The molecule has 0 aromatic carbocycles. The number of likely N-dealkylation sites (N-methyl/N-ethyl adjacent to an activating group) is 1. The zero-order chi connectivity index (χ0) is 28.0. The van der Waals surface area contributed by atoms with Crippen LogP contribution in [0.3, 0.4) is 0 Å². The Labute approximate surface area is 230 Å². The molecule has 208 valence electrons. The molecule has 1 aliphatic carbocycles. The van der Waals surface area contributed by atoms with E-state index in [-0.39, 0.29) is 60.8 Å². The fourth-order valence-electron chi connectivity index (χ4n) is 5.79. The van der Waals surface area contributed by atoms with Crippen LogP contribution in [0.4, 0.5) is 26.5 Å². The summed E-state index contributed by atoms with van der Waals surface area (Å²) >= 11 is 0. The molecule has 1 unspecified atom stereocenters. The number of hydrogen-bond acceptors (Lipinski definition) is 9. The van der Waals surface area contributed by atoms with Crippen LogP contribution in [0, 0.1) is 11.3 Å². The first-order valence-corrected chi connectivity index (χ1v) is 13.3. The molecular weight excluding hydrogens is 519 g/mol. The third kappa shape index (κ3) is 4.63. The predicted molar refractivity (Wildman–Crippen MR) is 142 cm³/mol. The quantitative estimate of drug-likeness (QED) is 0.518. The maximum atomic E-state index is 15.8. The van der Waals surface area contributed by atoms with Crippen molar-refractivity contribution in [2.75, 3.05) is 55.4 Å². The molecule has 13 heteroatoms. The highest BCUT2D eigenvalue weighted by Crippen LogP contribution is 2.55. The number of nitriles is 1. The van der Waals surface area contributed by atoms with E-state index in [4.69, 9.17) is 4.74 Å². The maximum Gasteiger partial charge on any atom is 0.328 e. The molecule has 1 atom stereocenters. The van der Waals surface area contributed by atoms with Crippen molar-refractivity contribution in [2.24, 2.45) is 0 Å². The average Bonchev–Trinajstić information content (AvgIpc) is 3.42. The lowest BCUT2D eigenvalue weighted by molar-refractivity contribution is -0.136. The van der Waals surface area contributed by atoms with E-state index >= 15 is 4.39 Å². The Morgan fingerprint density at radius 2 is 2.17 bits per heavy atom. The van der Waals surface area contributed by atoms with Crippen molar-refractivity contribution >= 4 is 35.5 Å². The normalized spacial score (nSPS) is 25.6. The predicted octanol–water partition coefficient (Wildman–Crippen LogP) is 2.01. The summed E-state index contributed by atoms with van der Waals surface area (Å²) in [6, 6.07) is 4.31. The van der Waals surface area contributed by atoms with E-state index in [2.05, 4.69) is 26.7 Å². The molecule has 2 N–H and O–H groups in total. The zero-order valence-electron chi connectivity index (χ0n) is 22.0. The van der Waals surface area contributed by atoms with Crippen molar-refractivity contribution in [3.8, 4) is 6.07 Å². The van der Waals surface area contributed by atoms with Crippen molar-refractivity contribution in [1.82, 2.24) is 19.8 Å². The summed E-state index contributed by atoms with van der Waals surface area (Å²) < 4.78 is 21.2. The Morgan fingerprint density at radius 1 is 1.35 bits per heavy atom. The molecular formula is C27H29FN8O4. The number of piperazine rings is 1. The van der Waals surface area contributed by atoms with Crippen LogP contribution in [0.15, 0.2) is 18.3 Å². The van der Waals surface area contributed by atoms with Crippen LogP contribution in [-0.4, -0.2) is 90.0 Å². The van der Waals surface area contributed by atoms with E-state index in [0.717, 1.165) is 6.42 Å². The lowest BCUT2D eigenvalue weighted by Crippen LogP contribution is -2.60. The Kier molecular flexibility index (Phi) is 6.59. The number of urea groups is 1. The van der Waals surface area contributed by atoms with Crippen LogP contribution in [0.25, 0.3) is 0 Å². The van der Waals surface area contributed by atoms with Gasteiger partial charge in [-0.3, -0.25) is 24.7 Å². The number of amides is 3. The number of halogens is 1. The van der Waals surface area contributed by atoms with Crippen molar-refractivity contribution < 1.29 is 23.5 Å². The van der Waals surface area contributed by atoms with Gasteiger partial charge >= 0.3 is 6.03 Å². The summed E-state index contributed by atoms with van der Waals surface area (Å²) in [6.45, 7) is 2.74. The molecule has 0 radical (unpaired) electrons. The Morgan fingerprint density at radius 3 is 2.88 bits per heavy atom. The largest absolute Gasteiger partial charge is 0.379 e. The van der Waals surface area contributed by atoms with Gasteiger partial charge in [0.25, 0.3) is 0 Å². The zero-order valence-corrected chi connectivity index (χ0v) is 22.0. The number of rotatable bonds is 6. The van der Waals surface area contributed by atoms with Gasteiger partial charge in [-0.05, 0) is 19.5 Å². The van der Waals surface area contributed by atoms with E-state index < -0.39 is 17.7 Å². The molecule has 2 aromatic heterocycles. The van der Waals surface area contributed by atoms with Crippen molar-refractivity contribution in [3.63, 3.8) is 0 Å². The number of carbonyl (C=O) groups excluding carboxylic acids is 3. The highest BCUT2D eigenvalue weighted by Gasteiger charge is 2.57. The molecule has 2 aromatic rings. The smallest absolute Gasteiger partial charge is 0.328 e. The molecule has 4 aliphatic heterocycles. The summed E-state index contributed by atoms with van der Waals surface area (Å²) in [4.78, 5) is 51.6. The maximum absolute atomic E-state index is 15.8. The van der Waals surface area contributed by atoms with E-state index in [1.165, 1.54) is 11.1 Å². The standard InChI is InChI=1S/C27H29FN8O4/c1-34-3-4-35(24(38)13-34)12-16-6-20-25(32-22(16)14-37)36(19-8-27(20,28)9-19)26(39)33-23-7-21(17(10-29)11-30-23)31-18-2-5-40-15-18/h6-7,11,14,18-19H,2-5,8-9,12-13,15H2,1H3,(H2,30,31,33,39). The van der Waals surface area contributed by atoms with Crippen molar-refractivity contribution in [2.45, 2.75) is 43.6 Å². The molecule has 0 spiro atoms. The SMILES string of the molecule is CN1CCN(Cc2cc3c(nc2C=O)N(C(=O)Nc2cc(NC4CCOC4)c(C#N)cn2)C2CC3(F)C2)C(=O)C1. The molecule has 3 fully saturated rings. The van der Waals surface area contributed by atoms with Crippen LogP contribution in [-0.2, 0) is 21.7 Å². The number of nitrogens with one attached hydrogen (secondary N) is 2. The van der Waals surface area contributed by atoms with Crippen molar-refractivity contribution in [1.29, 1.82) is 5.26 Å². The molecule has 2 saturated heterocycles. The molecule has 12 nitrogen and oxygen atoms in total. The second kappa shape index (κ2) is 10.1. The Bertz CT molecular complexity index is 1420. The minimum absolute atomic E-state index is 0.0426. The number of aldehydes is 1. The molecule has 3 amide bonds.